The van der Waals surface area contributed by atoms with Crippen LogP contribution in [0.2, 0.25) is 0 Å². The molecule has 1 N–H and O–H groups in total. The molecule has 0 aromatic heterocycles. The number of urea groups is 1. The van der Waals surface area contributed by atoms with Gasteiger partial charge in [-0.3, -0.25) is 0 Å². The van der Waals surface area contributed by atoms with Crippen LogP contribution in [0.15, 0.2) is 36.4 Å². The number of carbonyl (C=O) groups is 1. The highest BCUT2D eigenvalue weighted by molar-refractivity contribution is 5.75. The van der Waals surface area contributed by atoms with Crippen molar-refractivity contribution in [3.05, 3.63) is 53.1 Å². The minimum Gasteiger partial charge on any atom is -0.493 e. The molecule has 3 rings (SSSR count). The van der Waals surface area contributed by atoms with E-state index in [0.29, 0.717) is 18.8 Å². The van der Waals surface area contributed by atoms with Crippen LogP contribution < -0.4 is 19.5 Å². The highest BCUT2D eigenvalue weighted by Gasteiger charge is 2.23. The molecule has 0 saturated heterocycles. The van der Waals surface area contributed by atoms with Gasteiger partial charge in [0.05, 0.1) is 20.3 Å². The van der Waals surface area contributed by atoms with E-state index in [1.165, 1.54) is 11.1 Å². The van der Waals surface area contributed by atoms with Gasteiger partial charge in [0.1, 0.15) is 5.75 Å². The first-order chi connectivity index (χ1) is 14.9. The SMILES string of the molecule is COc1cc2c(cc1OC)CN(C(=O)NC(C)CCc1ccc(OC(C)C)cc1)CC2. The lowest BCUT2D eigenvalue weighted by atomic mass is 9.99. The maximum atomic E-state index is 12.8. The molecule has 1 unspecified atom stereocenters. The molecule has 0 saturated carbocycles. The van der Waals surface area contributed by atoms with Gasteiger partial charge in [-0.25, -0.2) is 4.79 Å². The normalized spacial score (nSPS) is 14.1. The number of fused-ring (bicyclic) bond motifs is 1. The van der Waals surface area contributed by atoms with Gasteiger partial charge < -0.3 is 24.4 Å². The Morgan fingerprint density at radius 1 is 1.03 bits per heavy atom. The maximum Gasteiger partial charge on any atom is 0.317 e. The average Bonchev–Trinajstić information content (AvgIpc) is 2.76. The summed E-state index contributed by atoms with van der Waals surface area (Å²) >= 11 is 0. The lowest BCUT2D eigenvalue weighted by Gasteiger charge is -2.30. The largest absolute Gasteiger partial charge is 0.493 e. The molecule has 2 aromatic carbocycles. The van der Waals surface area contributed by atoms with Crippen molar-refractivity contribution in [1.82, 2.24) is 10.2 Å². The summed E-state index contributed by atoms with van der Waals surface area (Å²) in [5, 5.41) is 3.15. The molecule has 168 valence electrons. The van der Waals surface area contributed by atoms with E-state index in [1.807, 2.05) is 43.0 Å². The highest BCUT2D eigenvalue weighted by atomic mass is 16.5. The third kappa shape index (κ3) is 6.06. The van der Waals surface area contributed by atoms with Crippen molar-refractivity contribution in [3.63, 3.8) is 0 Å². The summed E-state index contributed by atoms with van der Waals surface area (Å²) in [7, 11) is 3.27. The van der Waals surface area contributed by atoms with Gasteiger partial charge in [-0.2, -0.15) is 0 Å². The molecule has 1 atom stereocenters. The fraction of sp³-hybridized carbons (Fsp3) is 0.480. The number of nitrogens with zero attached hydrogens (tertiary/aromatic N) is 1. The summed E-state index contributed by atoms with van der Waals surface area (Å²) in [5.41, 5.74) is 3.56. The summed E-state index contributed by atoms with van der Waals surface area (Å²) in [4.78, 5) is 14.7. The molecule has 0 radical (unpaired) electrons. The molecular weight excluding hydrogens is 392 g/mol. The molecule has 2 aromatic rings. The second-order valence-corrected chi connectivity index (χ2v) is 8.35. The summed E-state index contributed by atoms with van der Waals surface area (Å²) < 4.78 is 16.5. The molecule has 1 heterocycles. The summed E-state index contributed by atoms with van der Waals surface area (Å²) in [6.45, 7) is 7.36. The lowest BCUT2D eigenvalue weighted by molar-refractivity contribution is 0.188. The number of nitrogens with one attached hydrogen (secondary N) is 1. The third-order valence-corrected chi connectivity index (χ3v) is 5.54. The van der Waals surface area contributed by atoms with Gasteiger partial charge in [-0.15, -0.1) is 0 Å². The van der Waals surface area contributed by atoms with E-state index >= 15 is 0 Å². The van der Waals surface area contributed by atoms with E-state index in [9.17, 15) is 4.79 Å². The Balaban J connectivity index is 1.51. The predicted octanol–water partition coefficient (Wildman–Crippen LogP) is 4.58. The van der Waals surface area contributed by atoms with Gasteiger partial charge in [0.2, 0.25) is 0 Å². The van der Waals surface area contributed by atoms with Crippen LogP contribution in [0.25, 0.3) is 0 Å². The number of aryl methyl sites for hydroxylation is 1. The van der Waals surface area contributed by atoms with Crippen LogP contribution in [-0.4, -0.2) is 43.8 Å². The van der Waals surface area contributed by atoms with Crippen LogP contribution in [0.5, 0.6) is 17.2 Å². The van der Waals surface area contributed by atoms with Crippen molar-refractivity contribution >= 4 is 6.03 Å². The Bertz CT molecular complexity index is 880. The number of amides is 2. The van der Waals surface area contributed by atoms with Gasteiger partial charge in [0.15, 0.2) is 11.5 Å². The number of rotatable bonds is 8. The first-order valence-electron chi connectivity index (χ1n) is 10.9. The lowest BCUT2D eigenvalue weighted by Crippen LogP contribution is -2.46. The summed E-state index contributed by atoms with van der Waals surface area (Å²) in [5.74, 6) is 2.32. The van der Waals surface area contributed by atoms with Gasteiger partial charge in [0, 0.05) is 19.1 Å². The molecule has 0 fully saturated rings. The molecular formula is C25H34N2O4. The number of hydrogen-bond acceptors (Lipinski definition) is 4. The predicted molar refractivity (Wildman–Crippen MR) is 122 cm³/mol. The molecule has 31 heavy (non-hydrogen) atoms. The standard InChI is InChI=1S/C25H34N2O4/c1-17(2)31-22-10-8-19(9-11-22)7-6-18(3)26-25(28)27-13-12-20-14-23(29-4)24(30-5)15-21(20)16-27/h8-11,14-15,17-18H,6-7,12-13,16H2,1-5H3,(H,26,28). The molecule has 2 amide bonds. The Morgan fingerprint density at radius 2 is 1.68 bits per heavy atom. The van der Waals surface area contributed by atoms with Gasteiger partial charge >= 0.3 is 6.03 Å². The fourth-order valence-electron chi connectivity index (χ4n) is 3.82. The van der Waals surface area contributed by atoms with Crippen LogP contribution in [0, 0.1) is 0 Å². The van der Waals surface area contributed by atoms with E-state index in [1.54, 1.807) is 14.2 Å². The van der Waals surface area contributed by atoms with Crippen LogP contribution >= 0.6 is 0 Å². The third-order valence-electron chi connectivity index (χ3n) is 5.54. The molecule has 0 spiro atoms. The first-order valence-corrected chi connectivity index (χ1v) is 10.9. The average molecular weight is 427 g/mol. The Morgan fingerprint density at radius 3 is 2.29 bits per heavy atom. The Kier molecular flexibility index (Phi) is 7.66. The number of benzene rings is 2. The zero-order valence-corrected chi connectivity index (χ0v) is 19.2. The van der Waals surface area contributed by atoms with E-state index in [4.69, 9.17) is 14.2 Å². The van der Waals surface area contributed by atoms with Crippen LogP contribution in [0.4, 0.5) is 4.79 Å². The quantitative estimate of drug-likeness (QED) is 0.671. The molecule has 1 aliphatic heterocycles. The highest BCUT2D eigenvalue weighted by Crippen LogP contribution is 2.33. The van der Waals surface area contributed by atoms with E-state index in [0.717, 1.165) is 36.3 Å². The maximum absolute atomic E-state index is 12.8. The minimum absolute atomic E-state index is 0.0198. The first kappa shape index (κ1) is 22.8. The number of methoxy groups -OCH3 is 2. The van der Waals surface area contributed by atoms with E-state index in [2.05, 4.69) is 24.4 Å². The van der Waals surface area contributed by atoms with Gasteiger partial charge in [-0.05, 0) is 81.0 Å². The molecule has 0 aliphatic carbocycles. The number of carbonyl (C=O) groups excluding carboxylic acids is 1. The number of hydrogen-bond donors (Lipinski definition) is 1. The van der Waals surface area contributed by atoms with Crippen LogP contribution in [-0.2, 0) is 19.4 Å². The van der Waals surface area contributed by atoms with Crippen molar-refractivity contribution in [1.29, 1.82) is 0 Å². The van der Waals surface area contributed by atoms with Crippen LogP contribution in [0.3, 0.4) is 0 Å². The Labute approximate surface area is 185 Å². The fourth-order valence-corrected chi connectivity index (χ4v) is 3.82. The van der Waals surface area contributed by atoms with Crippen LogP contribution in [0.1, 0.15) is 43.9 Å². The van der Waals surface area contributed by atoms with Crippen molar-refractivity contribution in [3.8, 4) is 17.2 Å². The van der Waals surface area contributed by atoms with Crippen molar-refractivity contribution in [2.75, 3.05) is 20.8 Å². The zero-order valence-electron chi connectivity index (χ0n) is 19.2. The van der Waals surface area contributed by atoms with E-state index in [-0.39, 0.29) is 18.2 Å². The minimum atomic E-state index is -0.0198. The Hall–Kier alpha value is -2.89. The van der Waals surface area contributed by atoms with Crippen molar-refractivity contribution < 1.29 is 19.0 Å². The molecule has 1 aliphatic rings. The molecule has 6 heteroatoms. The zero-order chi connectivity index (χ0) is 22.4. The monoisotopic (exact) mass is 426 g/mol. The van der Waals surface area contributed by atoms with Gasteiger partial charge in [-0.1, -0.05) is 12.1 Å². The van der Waals surface area contributed by atoms with Crippen molar-refractivity contribution in [2.24, 2.45) is 0 Å². The van der Waals surface area contributed by atoms with Crippen molar-refractivity contribution in [2.45, 2.75) is 58.7 Å². The second-order valence-electron chi connectivity index (χ2n) is 8.35. The summed E-state index contributed by atoms with van der Waals surface area (Å²) in [6, 6.07) is 12.3. The number of ether oxygens (including phenoxy) is 3. The molecule has 0 bridgehead atoms. The van der Waals surface area contributed by atoms with E-state index < -0.39 is 0 Å². The molecule has 6 nitrogen and oxygen atoms in total. The second kappa shape index (κ2) is 10.4. The summed E-state index contributed by atoms with van der Waals surface area (Å²) in [6.07, 6.45) is 2.77. The topological polar surface area (TPSA) is 60.0 Å². The van der Waals surface area contributed by atoms with Gasteiger partial charge in [0.25, 0.3) is 0 Å². The smallest absolute Gasteiger partial charge is 0.317 e.